The molecule has 2 fully saturated rings. The summed E-state index contributed by atoms with van der Waals surface area (Å²) < 4.78 is 0. The third-order valence-corrected chi connectivity index (χ3v) is 5.53. The summed E-state index contributed by atoms with van der Waals surface area (Å²) in [6, 6.07) is 8.52. The lowest BCUT2D eigenvalue weighted by Gasteiger charge is -2.44. The maximum Gasteiger partial charge on any atom is 0.317 e. The molecule has 0 atom stereocenters. The van der Waals surface area contributed by atoms with E-state index in [9.17, 15) is 4.79 Å². The second kappa shape index (κ2) is 6.47. The summed E-state index contributed by atoms with van der Waals surface area (Å²) in [5, 5.41) is 3.71. The van der Waals surface area contributed by atoms with Gasteiger partial charge >= 0.3 is 6.03 Å². The standard InChI is InChI=1S/C17H24ClN3O/c18-14-4-1-3-13(11-14)17(12-19)7-5-15(6-8-17)21-10-2-9-20-16(21)22/h1,3-4,11,15H,2,5-10,12,19H2,(H,20,22). The first kappa shape index (κ1) is 15.6. The molecule has 0 unspecified atom stereocenters. The van der Waals surface area contributed by atoms with E-state index in [2.05, 4.69) is 11.4 Å². The molecule has 22 heavy (non-hydrogen) atoms. The van der Waals surface area contributed by atoms with Gasteiger partial charge in [-0.2, -0.15) is 0 Å². The van der Waals surface area contributed by atoms with E-state index in [1.807, 2.05) is 23.1 Å². The number of nitrogens with one attached hydrogen (secondary N) is 1. The minimum Gasteiger partial charge on any atom is -0.338 e. The Morgan fingerprint density at radius 1 is 1.36 bits per heavy atom. The highest BCUT2D eigenvalue weighted by atomic mass is 35.5. The van der Waals surface area contributed by atoms with Gasteiger partial charge in [-0.1, -0.05) is 23.7 Å². The molecule has 3 rings (SSSR count). The molecule has 1 aromatic carbocycles. The third kappa shape index (κ3) is 2.95. The lowest BCUT2D eigenvalue weighted by atomic mass is 9.68. The number of halogens is 1. The Balaban J connectivity index is 1.72. The van der Waals surface area contributed by atoms with Gasteiger partial charge in [-0.15, -0.1) is 0 Å². The van der Waals surface area contributed by atoms with Crippen molar-refractivity contribution in [2.45, 2.75) is 43.6 Å². The molecule has 120 valence electrons. The van der Waals surface area contributed by atoms with E-state index in [0.717, 1.165) is 50.2 Å². The van der Waals surface area contributed by atoms with Crippen LogP contribution >= 0.6 is 11.6 Å². The van der Waals surface area contributed by atoms with Crippen LogP contribution in [-0.4, -0.2) is 36.6 Å². The molecule has 2 amide bonds. The molecule has 2 aliphatic rings. The summed E-state index contributed by atoms with van der Waals surface area (Å²) in [5.41, 5.74) is 7.38. The molecule has 0 radical (unpaired) electrons. The smallest absolute Gasteiger partial charge is 0.317 e. The van der Waals surface area contributed by atoms with Crippen molar-refractivity contribution in [3.8, 4) is 0 Å². The van der Waals surface area contributed by atoms with E-state index in [0.29, 0.717) is 12.6 Å². The molecule has 1 aromatic rings. The van der Waals surface area contributed by atoms with Crippen LogP contribution in [0.25, 0.3) is 0 Å². The van der Waals surface area contributed by atoms with Crippen molar-refractivity contribution in [1.29, 1.82) is 0 Å². The van der Waals surface area contributed by atoms with E-state index in [-0.39, 0.29) is 11.4 Å². The summed E-state index contributed by atoms with van der Waals surface area (Å²) in [6.07, 6.45) is 5.09. The minimum absolute atomic E-state index is 0.00760. The third-order valence-electron chi connectivity index (χ3n) is 5.29. The van der Waals surface area contributed by atoms with Gasteiger partial charge in [0.15, 0.2) is 0 Å². The van der Waals surface area contributed by atoms with Crippen LogP contribution in [0.2, 0.25) is 5.02 Å². The zero-order valence-corrected chi connectivity index (χ0v) is 13.6. The van der Waals surface area contributed by atoms with Crippen LogP contribution in [0.1, 0.15) is 37.7 Å². The Bertz CT molecular complexity index is 540. The molecule has 0 bridgehead atoms. The molecular weight excluding hydrogens is 298 g/mol. The van der Waals surface area contributed by atoms with Crippen molar-refractivity contribution in [3.63, 3.8) is 0 Å². The number of urea groups is 1. The highest BCUT2D eigenvalue weighted by Crippen LogP contribution is 2.41. The summed E-state index contributed by atoms with van der Waals surface area (Å²) in [7, 11) is 0. The van der Waals surface area contributed by atoms with Gasteiger partial charge in [0.05, 0.1) is 0 Å². The summed E-state index contributed by atoms with van der Waals surface area (Å²) >= 11 is 6.15. The fourth-order valence-electron chi connectivity index (χ4n) is 3.89. The molecule has 1 heterocycles. The first-order valence-electron chi connectivity index (χ1n) is 8.15. The lowest BCUT2D eigenvalue weighted by Crippen LogP contribution is -2.53. The molecule has 1 saturated carbocycles. The van der Waals surface area contributed by atoms with Gasteiger partial charge in [-0.25, -0.2) is 4.79 Å². The van der Waals surface area contributed by atoms with Gasteiger partial charge in [-0.05, 0) is 49.8 Å². The fourth-order valence-corrected chi connectivity index (χ4v) is 4.08. The van der Waals surface area contributed by atoms with Gasteiger partial charge in [0.1, 0.15) is 0 Å². The highest BCUT2D eigenvalue weighted by Gasteiger charge is 2.38. The van der Waals surface area contributed by atoms with Crippen molar-refractivity contribution in [1.82, 2.24) is 10.2 Å². The van der Waals surface area contributed by atoms with Gasteiger partial charge < -0.3 is 16.0 Å². The molecule has 0 spiro atoms. The highest BCUT2D eigenvalue weighted by molar-refractivity contribution is 6.30. The Kier molecular flexibility index (Phi) is 4.59. The molecule has 4 nitrogen and oxygen atoms in total. The topological polar surface area (TPSA) is 58.4 Å². The molecule has 1 aliphatic heterocycles. The van der Waals surface area contributed by atoms with Crippen molar-refractivity contribution >= 4 is 17.6 Å². The molecule has 1 aliphatic carbocycles. The molecule has 5 heteroatoms. The normalized spacial score (nSPS) is 29.3. The second-order valence-electron chi connectivity index (χ2n) is 6.50. The summed E-state index contributed by atoms with van der Waals surface area (Å²) in [4.78, 5) is 14.0. The van der Waals surface area contributed by atoms with Crippen LogP contribution in [0.4, 0.5) is 4.79 Å². The van der Waals surface area contributed by atoms with E-state index in [4.69, 9.17) is 17.3 Å². The maximum atomic E-state index is 12.0. The van der Waals surface area contributed by atoms with Crippen LogP contribution in [0.15, 0.2) is 24.3 Å². The zero-order chi connectivity index (χ0) is 15.6. The number of nitrogens with zero attached hydrogens (tertiary/aromatic N) is 1. The van der Waals surface area contributed by atoms with Crippen LogP contribution in [0.5, 0.6) is 0 Å². The number of benzene rings is 1. The average Bonchev–Trinajstić information content (AvgIpc) is 2.55. The maximum absolute atomic E-state index is 12.0. The monoisotopic (exact) mass is 321 g/mol. The van der Waals surface area contributed by atoms with Crippen LogP contribution in [0.3, 0.4) is 0 Å². The van der Waals surface area contributed by atoms with Crippen molar-refractivity contribution in [3.05, 3.63) is 34.9 Å². The molecule has 1 saturated heterocycles. The number of nitrogens with two attached hydrogens (primary N) is 1. The summed E-state index contributed by atoms with van der Waals surface area (Å²) in [6.45, 7) is 2.31. The summed E-state index contributed by atoms with van der Waals surface area (Å²) in [5.74, 6) is 0. The Morgan fingerprint density at radius 3 is 2.77 bits per heavy atom. The number of rotatable bonds is 3. The van der Waals surface area contributed by atoms with Gasteiger partial charge in [0.25, 0.3) is 0 Å². The first-order valence-corrected chi connectivity index (χ1v) is 8.53. The number of hydrogen-bond donors (Lipinski definition) is 2. The predicted molar refractivity (Wildman–Crippen MR) is 89.2 cm³/mol. The van der Waals surface area contributed by atoms with Gasteiger partial charge in [0.2, 0.25) is 0 Å². The quantitative estimate of drug-likeness (QED) is 0.899. The Morgan fingerprint density at radius 2 is 2.14 bits per heavy atom. The van der Waals surface area contributed by atoms with Crippen molar-refractivity contribution in [2.75, 3.05) is 19.6 Å². The van der Waals surface area contributed by atoms with E-state index in [1.54, 1.807) is 0 Å². The molecular formula is C17H24ClN3O. The van der Waals surface area contributed by atoms with Crippen LogP contribution < -0.4 is 11.1 Å². The minimum atomic E-state index is 0.00760. The van der Waals surface area contributed by atoms with E-state index < -0.39 is 0 Å². The van der Waals surface area contributed by atoms with Gasteiger partial charge in [-0.3, -0.25) is 0 Å². The van der Waals surface area contributed by atoms with Crippen molar-refractivity contribution in [2.24, 2.45) is 5.73 Å². The lowest BCUT2D eigenvalue weighted by molar-refractivity contribution is 0.124. The van der Waals surface area contributed by atoms with Crippen molar-refractivity contribution < 1.29 is 4.79 Å². The second-order valence-corrected chi connectivity index (χ2v) is 6.94. The first-order chi connectivity index (χ1) is 10.6. The predicted octanol–water partition coefficient (Wildman–Crippen LogP) is 2.89. The van der Waals surface area contributed by atoms with Gasteiger partial charge in [0, 0.05) is 36.1 Å². The zero-order valence-electron chi connectivity index (χ0n) is 12.9. The SMILES string of the molecule is NCC1(c2cccc(Cl)c2)CCC(N2CCCNC2=O)CC1. The molecule has 0 aromatic heterocycles. The fraction of sp³-hybridized carbons (Fsp3) is 0.588. The number of carbonyl (C=O) groups excluding carboxylic acids is 1. The molecule has 3 N–H and O–H groups in total. The Hall–Kier alpha value is -1.26. The Labute approximate surface area is 137 Å². The number of amides is 2. The van der Waals surface area contributed by atoms with Crippen LogP contribution in [-0.2, 0) is 5.41 Å². The van der Waals surface area contributed by atoms with E-state index >= 15 is 0 Å². The number of hydrogen-bond acceptors (Lipinski definition) is 2. The van der Waals surface area contributed by atoms with E-state index in [1.165, 1.54) is 5.56 Å². The number of carbonyl (C=O) groups is 1. The largest absolute Gasteiger partial charge is 0.338 e. The van der Waals surface area contributed by atoms with Crippen LogP contribution in [0, 0.1) is 0 Å². The average molecular weight is 322 g/mol.